The standard InChI is InChI=1S/C19H18F2N4O4/c1-23-14(18(27)24(2)19(23)28)8-16(26)25-4-3-15-13(9-25)22-17(29-15)10-5-11(20)7-12(21)6-10/h5-7,14H,3-4,8-9H2,1-2H3. The lowest BCUT2D eigenvalue weighted by Gasteiger charge is -2.27. The lowest BCUT2D eigenvalue weighted by atomic mass is 10.1. The summed E-state index contributed by atoms with van der Waals surface area (Å²) in [4.78, 5) is 44.8. The summed E-state index contributed by atoms with van der Waals surface area (Å²) in [6, 6.07) is 1.73. The van der Waals surface area contributed by atoms with Gasteiger partial charge >= 0.3 is 6.03 Å². The zero-order valence-electron chi connectivity index (χ0n) is 15.8. The number of aromatic nitrogens is 1. The fourth-order valence-corrected chi connectivity index (χ4v) is 3.58. The molecule has 0 N–H and O–H groups in total. The van der Waals surface area contributed by atoms with Crippen LogP contribution in [0.3, 0.4) is 0 Å². The van der Waals surface area contributed by atoms with Gasteiger partial charge in [0.1, 0.15) is 29.1 Å². The first-order valence-electron chi connectivity index (χ1n) is 9.01. The normalized spacial score (nSPS) is 19.2. The SMILES string of the molecule is CN1C(=O)C(CC(=O)N2CCc3oc(-c4cc(F)cc(F)c4)nc3C2)N(C)C1=O. The van der Waals surface area contributed by atoms with Gasteiger partial charge in [0.25, 0.3) is 5.91 Å². The molecule has 1 atom stereocenters. The van der Waals surface area contributed by atoms with E-state index in [2.05, 4.69) is 4.98 Å². The quantitative estimate of drug-likeness (QED) is 0.728. The van der Waals surface area contributed by atoms with Gasteiger partial charge < -0.3 is 14.2 Å². The molecule has 0 spiro atoms. The number of benzene rings is 1. The van der Waals surface area contributed by atoms with Crippen LogP contribution in [0.5, 0.6) is 0 Å². The second-order valence-corrected chi connectivity index (χ2v) is 7.12. The molecule has 1 saturated heterocycles. The molecule has 0 saturated carbocycles. The molecule has 0 radical (unpaired) electrons. The Labute approximate surface area is 164 Å². The molecule has 3 heterocycles. The van der Waals surface area contributed by atoms with Crippen molar-refractivity contribution in [1.82, 2.24) is 19.7 Å². The van der Waals surface area contributed by atoms with Crippen LogP contribution in [-0.4, -0.2) is 64.2 Å². The molecule has 0 bridgehead atoms. The Balaban J connectivity index is 1.49. The second-order valence-electron chi connectivity index (χ2n) is 7.12. The first-order chi connectivity index (χ1) is 13.7. The van der Waals surface area contributed by atoms with Crippen molar-refractivity contribution in [3.63, 3.8) is 0 Å². The summed E-state index contributed by atoms with van der Waals surface area (Å²) in [5.41, 5.74) is 0.679. The van der Waals surface area contributed by atoms with Crippen molar-refractivity contribution in [3.05, 3.63) is 41.3 Å². The number of rotatable bonds is 3. The summed E-state index contributed by atoms with van der Waals surface area (Å²) in [5.74, 6) is -1.54. The van der Waals surface area contributed by atoms with Crippen LogP contribution in [-0.2, 0) is 22.6 Å². The number of fused-ring (bicyclic) bond motifs is 1. The van der Waals surface area contributed by atoms with Crippen LogP contribution >= 0.6 is 0 Å². The molecule has 152 valence electrons. The fraction of sp³-hybridized carbons (Fsp3) is 0.368. The van der Waals surface area contributed by atoms with E-state index in [-0.39, 0.29) is 30.3 Å². The van der Waals surface area contributed by atoms with Crippen molar-refractivity contribution >= 4 is 17.8 Å². The van der Waals surface area contributed by atoms with E-state index in [4.69, 9.17) is 4.42 Å². The number of halogens is 2. The summed E-state index contributed by atoms with van der Waals surface area (Å²) in [7, 11) is 2.86. The maximum absolute atomic E-state index is 13.5. The van der Waals surface area contributed by atoms with Gasteiger partial charge in [0.2, 0.25) is 11.8 Å². The van der Waals surface area contributed by atoms with E-state index in [9.17, 15) is 23.2 Å². The second kappa shape index (κ2) is 6.94. The molecule has 10 heteroatoms. The lowest BCUT2D eigenvalue weighted by Crippen LogP contribution is -2.41. The number of hydrogen-bond donors (Lipinski definition) is 0. The largest absolute Gasteiger partial charge is 0.441 e. The highest BCUT2D eigenvalue weighted by atomic mass is 19.1. The van der Waals surface area contributed by atoms with E-state index < -0.39 is 29.6 Å². The van der Waals surface area contributed by atoms with E-state index in [0.717, 1.165) is 23.1 Å². The van der Waals surface area contributed by atoms with Gasteiger partial charge in [0.15, 0.2) is 0 Å². The number of hydrogen-bond acceptors (Lipinski definition) is 5. The predicted molar refractivity (Wildman–Crippen MR) is 95.3 cm³/mol. The van der Waals surface area contributed by atoms with Gasteiger partial charge in [-0.2, -0.15) is 0 Å². The van der Waals surface area contributed by atoms with Gasteiger partial charge in [-0.3, -0.25) is 14.5 Å². The molecule has 0 aliphatic carbocycles. The molecular weight excluding hydrogens is 386 g/mol. The van der Waals surface area contributed by atoms with E-state index in [1.54, 1.807) is 0 Å². The van der Waals surface area contributed by atoms with Crippen molar-refractivity contribution in [3.8, 4) is 11.5 Å². The molecule has 2 aromatic rings. The molecule has 4 rings (SSSR count). The molecule has 1 aromatic carbocycles. The Morgan fingerprint density at radius 3 is 2.52 bits per heavy atom. The Morgan fingerprint density at radius 1 is 1.21 bits per heavy atom. The third-order valence-corrected chi connectivity index (χ3v) is 5.23. The van der Waals surface area contributed by atoms with Crippen molar-refractivity contribution in [2.24, 2.45) is 0 Å². The minimum absolute atomic E-state index is 0.0839. The topological polar surface area (TPSA) is 87.0 Å². The van der Waals surface area contributed by atoms with E-state index in [0.29, 0.717) is 24.4 Å². The summed E-state index contributed by atoms with van der Waals surface area (Å²) in [5, 5.41) is 0. The highest BCUT2D eigenvalue weighted by Crippen LogP contribution is 2.28. The third-order valence-electron chi connectivity index (χ3n) is 5.23. The molecule has 29 heavy (non-hydrogen) atoms. The molecule has 8 nitrogen and oxygen atoms in total. The van der Waals surface area contributed by atoms with Crippen molar-refractivity contribution in [2.75, 3.05) is 20.6 Å². The molecule has 1 unspecified atom stereocenters. The monoisotopic (exact) mass is 404 g/mol. The molecule has 1 fully saturated rings. The van der Waals surface area contributed by atoms with Gasteiger partial charge in [0, 0.05) is 38.7 Å². The zero-order chi connectivity index (χ0) is 20.9. The van der Waals surface area contributed by atoms with Gasteiger partial charge in [-0.05, 0) is 12.1 Å². The van der Waals surface area contributed by atoms with Gasteiger partial charge in [-0.25, -0.2) is 18.6 Å². The number of carbonyl (C=O) groups is 3. The first-order valence-corrected chi connectivity index (χ1v) is 9.01. The lowest BCUT2D eigenvalue weighted by molar-refractivity contribution is -0.137. The van der Waals surface area contributed by atoms with E-state index in [1.165, 1.54) is 23.9 Å². The Hall–Kier alpha value is -3.30. The summed E-state index contributed by atoms with van der Waals surface area (Å²) in [6.07, 6.45) is 0.264. The Bertz CT molecular complexity index is 1000. The van der Waals surface area contributed by atoms with Gasteiger partial charge in [-0.1, -0.05) is 0 Å². The van der Waals surface area contributed by atoms with Crippen LogP contribution in [0.25, 0.3) is 11.5 Å². The van der Waals surface area contributed by atoms with Crippen LogP contribution in [0.1, 0.15) is 17.9 Å². The average Bonchev–Trinajstić information content (AvgIpc) is 3.18. The fourth-order valence-electron chi connectivity index (χ4n) is 3.58. The predicted octanol–water partition coefficient (Wildman–Crippen LogP) is 1.79. The van der Waals surface area contributed by atoms with Gasteiger partial charge in [0.05, 0.1) is 13.0 Å². The highest BCUT2D eigenvalue weighted by Gasteiger charge is 2.42. The average molecular weight is 404 g/mol. The minimum Gasteiger partial charge on any atom is -0.441 e. The van der Waals surface area contributed by atoms with E-state index in [1.807, 2.05) is 0 Å². The van der Waals surface area contributed by atoms with Crippen LogP contribution in [0.2, 0.25) is 0 Å². The maximum atomic E-state index is 13.5. The minimum atomic E-state index is -0.829. The number of nitrogens with zero attached hydrogens (tertiary/aromatic N) is 4. The summed E-state index contributed by atoms with van der Waals surface area (Å²) >= 11 is 0. The zero-order valence-corrected chi connectivity index (χ0v) is 15.8. The highest BCUT2D eigenvalue weighted by molar-refractivity contribution is 6.05. The number of amides is 4. The first kappa shape index (κ1) is 19.0. The smallest absolute Gasteiger partial charge is 0.326 e. The van der Waals surface area contributed by atoms with Crippen molar-refractivity contribution in [2.45, 2.75) is 25.4 Å². The molecule has 1 aromatic heterocycles. The van der Waals surface area contributed by atoms with Crippen LogP contribution < -0.4 is 0 Å². The molecular formula is C19H18F2N4O4. The Morgan fingerprint density at radius 2 is 1.90 bits per heavy atom. The number of urea groups is 1. The number of carbonyl (C=O) groups excluding carboxylic acids is 3. The molecule has 2 aliphatic rings. The summed E-state index contributed by atoms with van der Waals surface area (Å²) < 4.78 is 32.5. The van der Waals surface area contributed by atoms with Crippen LogP contribution in [0.4, 0.5) is 13.6 Å². The number of imide groups is 1. The molecule has 2 aliphatic heterocycles. The summed E-state index contributed by atoms with van der Waals surface area (Å²) in [6.45, 7) is 0.510. The van der Waals surface area contributed by atoms with Crippen LogP contribution in [0.15, 0.2) is 22.6 Å². The third kappa shape index (κ3) is 3.34. The van der Waals surface area contributed by atoms with E-state index >= 15 is 0 Å². The van der Waals surface area contributed by atoms with Crippen molar-refractivity contribution in [1.29, 1.82) is 0 Å². The molecule has 4 amide bonds. The van der Waals surface area contributed by atoms with Gasteiger partial charge in [-0.15, -0.1) is 0 Å². The van der Waals surface area contributed by atoms with Crippen molar-refractivity contribution < 1.29 is 27.6 Å². The maximum Gasteiger partial charge on any atom is 0.326 e. The Kier molecular flexibility index (Phi) is 4.56. The number of oxazole rings is 1. The number of likely N-dealkylation sites (N-methyl/N-ethyl adjacent to an activating group) is 2. The van der Waals surface area contributed by atoms with Crippen LogP contribution in [0, 0.1) is 11.6 Å².